The fourth-order valence-corrected chi connectivity index (χ4v) is 3.37. The number of carbonyl (C=O) groups is 1. The van der Waals surface area contributed by atoms with E-state index in [1.165, 1.54) is 26.3 Å². The lowest BCUT2D eigenvalue weighted by Crippen LogP contribution is -2.27. The number of hydrogen-bond acceptors (Lipinski definition) is 5. The number of rotatable bonds is 7. The molecule has 1 N–H and O–H groups in total. The molecule has 0 aliphatic carbocycles. The van der Waals surface area contributed by atoms with Gasteiger partial charge < -0.3 is 0 Å². The van der Waals surface area contributed by atoms with Gasteiger partial charge in [-0.15, -0.1) is 0 Å². The molecular weight excluding hydrogens is 368 g/mol. The first-order valence-electron chi connectivity index (χ1n) is 7.15. The third kappa shape index (κ3) is 4.77. The van der Waals surface area contributed by atoms with Crippen molar-refractivity contribution in [3.05, 3.63) is 64.7 Å². The van der Waals surface area contributed by atoms with Crippen molar-refractivity contribution in [1.29, 1.82) is 0 Å². The number of nitrogens with zero attached hydrogens (tertiary/aromatic N) is 1. The van der Waals surface area contributed by atoms with E-state index in [4.69, 9.17) is 21.3 Å². The van der Waals surface area contributed by atoms with Gasteiger partial charge in [-0.3, -0.25) is 14.5 Å². The maximum Gasteiger partial charge on any atom is 0.274 e. The van der Waals surface area contributed by atoms with Gasteiger partial charge in [0.2, 0.25) is 0 Å². The van der Waals surface area contributed by atoms with Crippen LogP contribution in [0.15, 0.2) is 53.4 Å². The quantitative estimate of drug-likeness (QED) is 0.741. The Kier molecular flexibility index (Phi) is 6.51. The fraction of sp³-hybridized carbons (Fsp3) is 0.188. The molecule has 2 rings (SSSR count). The summed E-state index contributed by atoms with van der Waals surface area (Å²) < 4.78 is 25.3. The van der Waals surface area contributed by atoms with Crippen LogP contribution in [-0.4, -0.2) is 33.0 Å². The first kappa shape index (κ1) is 19.4. The predicted molar refractivity (Wildman–Crippen MR) is 92.1 cm³/mol. The second-order valence-electron chi connectivity index (χ2n) is 4.95. The van der Waals surface area contributed by atoms with Gasteiger partial charge in [0.15, 0.2) is 0 Å². The van der Waals surface area contributed by atoms with Crippen LogP contribution in [0.4, 0.5) is 0 Å². The molecule has 25 heavy (non-hydrogen) atoms. The van der Waals surface area contributed by atoms with Crippen molar-refractivity contribution < 1.29 is 22.9 Å². The van der Waals surface area contributed by atoms with Gasteiger partial charge in [0.25, 0.3) is 15.9 Å². The Bertz CT molecular complexity index is 843. The summed E-state index contributed by atoms with van der Waals surface area (Å²) in [4.78, 5) is 21.7. The zero-order chi connectivity index (χ0) is 18.4. The Morgan fingerprint density at radius 2 is 1.88 bits per heavy atom. The molecule has 2 aromatic rings. The predicted octanol–water partition coefficient (Wildman–Crippen LogP) is 2.38. The monoisotopic (exact) mass is 384 g/mol. The van der Waals surface area contributed by atoms with Crippen LogP contribution in [0, 0.1) is 0 Å². The molecule has 0 atom stereocenters. The summed E-state index contributed by atoms with van der Waals surface area (Å²) in [6.07, 6.45) is 0. The lowest BCUT2D eigenvalue weighted by Gasteiger charge is -2.15. The van der Waals surface area contributed by atoms with E-state index in [1.807, 2.05) is 30.3 Å². The average molecular weight is 385 g/mol. The molecule has 0 saturated heterocycles. The maximum absolute atomic E-state index is 12.3. The minimum atomic E-state index is -3.98. The lowest BCUT2D eigenvalue weighted by atomic mass is 10.2. The number of hydrogen-bond donors (Lipinski definition) is 1. The molecular formula is C16H17ClN2O5S. The Morgan fingerprint density at radius 1 is 1.20 bits per heavy atom. The number of halogens is 1. The maximum atomic E-state index is 12.3. The smallest absolute Gasteiger partial charge is 0.274 e. The highest BCUT2D eigenvalue weighted by atomic mass is 35.5. The van der Waals surface area contributed by atoms with Crippen LogP contribution in [0.2, 0.25) is 5.02 Å². The highest BCUT2D eigenvalue weighted by molar-refractivity contribution is 7.89. The van der Waals surface area contributed by atoms with Crippen molar-refractivity contribution >= 4 is 27.5 Å². The first-order valence-corrected chi connectivity index (χ1v) is 8.96. The summed E-state index contributed by atoms with van der Waals surface area (Å²) in [6.45, 7) is 0.178. The molecule has 0 heterocycles. The second kappa shape index (κ2) is 8.41. The number of amides is 1. The average Bonchev–Trinajstić information content (AvgIpc) is 2.61. The molecule has 0 aromatic heterocycles. The number of hydroxylamine groups is 2. The second-order valence-corrected chi connectivity index (χ2v) is 7.26. The zero-order valence-corrected chi connectivity index (χ0v) is 15.2. The molecule has 0 fully saturated rings. The van der Waals surface area contributed by atoms with E-state index in [0.717, 1.165) is 11.6 Å². The molecule has 7 nitrogen and oxygen atoms in total. The summed E-state index contributed by atoms with van der Waals surface area (Å²) in [5.74, 6) is -0.593. The van der Waals surface area contributed by atoms with Gasteiger partial charge in [0, 0.05) is 12.6 Å². The SMILES string of the molecule is CON(C)S(=O)(=O)c1cc(C(=O)NOCc2ccccc2)ccc1Cl. The Hall–Kier alpha value is -1.97. The van der Waals surface area contributed by atoms with E-state index in [0.29, 0.717) is 4.47 Å². The van der Waals surface area contributed by atoms with Crippen LogP contribution in [0.3, 0.4) is 0 Å². The van der Waals surface area contributed by atoms with E-state index in [1.54, 1.807) is 0 Å². The number of nitrogens with one attached hydrogen (secondary N) is 1. The van der Waals surface area contributed by atoms with Crippen molar-refractivity contribution in [1.82, 2.24) is 9.95 Å². The molecule has 0 aliphatic rings. The van der Waals surface area contributed by atoms with Crippen molar-refractivity contribution in [3.8, 4) is 0 Å². The minimum Gasteiger partial charge on any atom is -0.288 e. The number of sulfonamides is 1. The normalized spacial score (nSPS) is 11.5. The van der Waals surface area contributed by atoms with Crippen LogP contribution in [-0.2, 0) is 26.3 Å². The Balaban J connectivity index is 2.12. The van der Waals surface area contributed by atoms with Crippen LogP contribution in [0.5, 0.6) is 0 Å². The molecule has 9 heteroatoms. The van der Waals surface area contributed by atoms with Crippen LogP contribution >= 0.6 is 11.6 Å². The molecule has 0 bridgehead atoms. The summed E-state index contributed by atoms with van der Waals surface area (Å²) in [7, 11) is -1.55. The van der Waals surface area contributed by atoms with E-state index < -0.39 is 15.9 Å². The molecule has 0 aliphatic heterocycles. The largest absolute Gasteiger partial charge is 0.288 e. The zero-order valence-electron chi connectivity index (χ0n) is 13.6. The van der Waals surface area contributed by atoms with Crippen molar-refractivity contribution in [2.75, 3.05) is 14.2 Å². The number of carbonyl (C=O) groups excluding carboxylic acids is 1. The molecule has 0 radical (unpaired) electrons. The highest BCUT2D eigenvalue weighted by Crippen LogP contribution is 2.25. The van der Waals surface area contributed by atoms with Gasteiger partial charge in [0.05, 0.1) is 18.7 Å². The van der Waals surface area contributed by atoms with Gasteiger partial charge in [-0.2, -0.15) is 0 Å². The van der Waals surface area contributed by atoms with E-state index in [9.17, 15) is 13.2 Å². The van der Waals surface area contributed by atoms with Crippen LogP contribution in [0.25, 0.3) is 0 Å². The Morgan fingerprint density at radius 3 is 2.52 bits per heavy atom. The van der Waals surface area contributed by atoms with Crippen molar-refractivity contribution in [2.24, 2.45) is 0 Å². The fourth-order valence-electron chi connectivity index (χ4n) is 1.90. The molecule has 0 saturated carbocycles. The van der Waals surface area contributed by atoms with Gasteiger partial charge in [-0.25, -0.2) is 13.9 Å². The summed E-state index contributed by atoms with van der Waals surface area (Å²) in [5, 5.41) is -0.0225. The third-order valence-corrected chi connectivity index (χ3v) is 5.47. The molecule has 2 aromatic carbocycles. The summed E-state index contributed by atoms with van der Waals surface area (Å²) >= 11 is 5.95. The van der Waals surface area contributed by atoms with Gasteiger partial charge in [-0.05, 0) is 23.8 Å². The van der Waals surface area contributed by atoms with Gasteiger partial charge in [0.1, 0.15) is 4.90 Å². The summed E-state index contributed by atoms with van der Waals surface area (Å²) in [6, 6.07) is 13.1. The molecule has 1 amide bonds. The molecule has 0 unspecified atom stereocenters. The minimum absolute atomic E-state index is 0.0225. The van der Waals surface area contributed by atoms with E-state index in [2.05, 4.69) is 5.48 Å². The lowest BCUT2D eigenvalue weighted by molar-refractivity contribution is -0.0258. The number of benzene rings is 2. The van der Waals surface area contributed by atoms with Crippen LogP contribution < -0.4 is 5.48 Å². The standard InChI is InChI=1S/C16H17ClN2O5S/c1-19(23-2)25(21,22)15-10-13(8-9-14(15)17)16(20)18-24-11-12-6-4-3-5-7-12/h3-10H,11H2,1-2H3,(H,18,20). The molecule has 0 spiro atoms. The van der Waals surface area contributed by atoms with Gasteiger partial charge >= 0.3 is 0 Å². The Labute approximate surface area is 151 Å². The highest BCUT2D eigenvalue weighted by Gasteiger charge is 2.25. The van der Waals surface area contributed by atoms with Crippen molar-refractivity contribution in [2.45, 2.75) is 11.5 Å². The van der Waals surface area contributed by atoms with Gasteiger partial charge in [-0.1, -0.05) is 46.4 Å². The van der Waals surface area contributed by atoms with E-state index >= 15 is 0 Å². The van der Waals surface area contributed by atoms with Crippen molar-refractivity contribution in [3.63, 3.8) is 0 Å². The topological polar surface area (TPSA) is 84.9 Å². The van der Waals surface area contributed by atoms with E-state index in [-0.39, 0.29) is 22.1 Å². The molecule has 134 valence electrons. The first-order chi connectivity index (χ1) is 11.9. The summed E-state index contributed by atoms with van der Waals surface area (Å²) in [5.41, 5.74) is 3.23. The third-order valence-electron chi connectivity index (χ3n) is 3.31. The van der Waals surface area contributed by atoms with Crippen LogP contribution in [0.1, 0.15) is 15.9 Å².